The number of hydrogen-bond donors (Lipinski definition) is 2. The number of Topliss-reactive ketones (excluding diaryl/α,β-unsaturated/α-hetero) is 1. The highest BCUT2D eigenvalue weighted by molar-refractivity contribution is 5.98. The van der Waals surface area contributed by atoms with Gasteiger partial charge >= 0.3 is 0 Å². The van der Waals surface area contributed by atoms with Gasteiger partial charge in [-0.3, -0.25) is 4.79 Å². The second kappa shape index (κ2) is 8.97. The molecule has 4 rings (SSSR count). The molecule has 0 spiro atoms. The van der Waals surface area contributed by atoms with Gasteiger partial charge in [0.1, 0.15) is 5.82 Å². The van der Waals surface area contributed by atoms with Crippen LogP contribution in [0.15, 0.2) is 48.5 Å². The predicted octanol–water partition coefficient (Wildman–Crippen LogP) is 4.14. The van der Waals surface area contributed by atoms with Gasteiger partial charge in [0.05, 0.1) is 0 Å². The summed E-state index contributed by atoms with van der Waals surface area (Å²) in [5.41, 5.74) is 3.02. The molecule has 2 saturated heterocycles. The van der Waals surface area contributed by atoms with E-state index < -0.39 is 0 Å². The van der Waals surface area contributed by atoms with Crippen LogP contribution < -0.4 is 10.6 Å². The molecule has 0 saturated carbocycles. The highest BCUT2D eigenvalue weighted by Crippen LogP contribution is 2.37. The Morgan fingerprint density at radius 1 is 0.857 bits per heavy atom. The van der Waals surface area contributed by atoms with Crippen LogP contribution >= 0.6 is 0 Å². The normalized spacial score (nSPS) is 20.0. The first-order chi connectivity index (χ1) is 13.7. The molecular formula is C24H29FN2O. The van der Waals surface area contributed by atoms with Crippen molar-refractivity contribution in [1.82, 2.24) is 10.6 Å². The summed E-state index contributed by atoms with van der Waals surface area (Å²) in [6, 6.07) is 15.1. The van der Waals surface area contributed by atoms with Crippen LogP contribution in [0.5, 0.6) is 0 Å². The highest BCUT2D eigenvalue weighted by atomic mass is 19.1. The maximum absolute atomic E-state index is 13.9. The second-order valence-corrected chi connectivity index (χ2v) is 8.13. The van der Waals surface area contributed by atoms with E-state index in [0.717, 1.165) is 63.0 Å². The van der Waals surface area contributed by atoms with Gasteiger partial charge in [-0.25, -0.2) is 4.39 Å². The Morgan fingerprint density at radius 3 is 2.14 bits per heavy atom. The number of benzene rings is 2. The molecule has 0 bridgehead atoms. The van der Waals surface area contributed by atoms with Crippen molar-refractivity contribution < 1.29 is 9.18 Å². The number of hydrogen-bond acceptors (Lipinski definition) is 3. The molecule has 2 aromatic rings. The second-order valence-electron chi connectivity index (χ2n) is 8.13. The third-order valence-electron chi connectivity index (χ3n) is 6.33. The molecule has 3 nitrogen and oxygen atoms in total. The molecule has 1 unspecified atom stereocenters. The number of halogens is 1. The van der Waals surface area contributed by atoms with Crippen molar-refractivity contribution in [3.8, 4) is 0 Å². The van der Waals surface area contributed by atoms with Crippen LogP contribution in [0.1, 0.15) is 53.1 Å². The fraction of sp³-hybridized carbons (Fsp3) is 0.458. The van der Waals surface area contributed by atoms with Gasteiger partial charge in [-0.15, -0.1) is 0 Å². The summed E-state index contributed by atoms with van der Waals surface area (Å²) in [7, 11) is 0. The Kier molecular flexibility index (Phi) is 6.18. The van der Waals surface area contributed by atoms with Crippen molar-refractivity contribution in [3.63, 3.8) is 0 Å². The van der Waals surface area contributed by atoms with Crippen LogP contribution in [-0.4, -0.2) is 32.0 Å². The van der Waals surface area contributed by atoms with E-state index in [1.807, 2.05) is 18.2 Å². The molecule has 2 N–H and O–H groups in total. The van der Waals surface area contributed by atoms with E-state index in [4.69, 9.17) is 0 Å². The molecule has 2 heterocycles. The number of piperidine rings is 2. The molecule has 0 aromatic heterocycles. The first-order valence-electron chi connectivity index (χ1n) is 10.5. The lowest BCUT2D eigenvalue weighted by Crippen LogP contribution is -2.32. The number of ketones is 1. The first kappa shape index (κ1) is 19.3. The zero-order valence-electron chi connectivity index (χ0n) is 16.3. The Hall–Kier alpha value is -2.04. The van der Waals surface area contributed by atoms with Gasteiger partial charge in [0.2, 0.25) is 0 Å². The first-order valence-corrected chi connectivity index (χ1v) is 10.5. The topological polar surface area (TPSA) is 41.1 Å². The van der Waals surface area contributed by atoms with Gasteiger partial charge in [0, 0.05) is 17.4 Å². The van der Waals surface area contributed by atoms with Crippen molar-refractivity contribution in [2.45, 2.75) is 31.6 Å². The molecule has 2 aliphatic heterocycles. The Labute approximate surface area is 166 Å². The van der Waals surface area contributed by atoms with E-state index in [2.05, 4.69) is 22.8 Å². The van der Waals surface area contributed by atoms with E-state index >= 15 is 0 Å². The highest BCUT2D eigenvalue weighted by Gasteiger charge is 2.27. The lowest BCUT2D eigenvalue weighted by Gasteiger charge is -2.32. The summed E-state index contributed by atoms with van der Waals surface area (Å²) >= 11 is 0. The molecule has 148 valence electrons. The quantitative estimate of drug-likeness (QED) is 0.766. The summed E-state index contributed by atoms with van der Waals surface area (Å²) in [5.74, 6) is 0.858. The molecule has 0 radical (unpaired) electrons. The largest absolute Gasteiger partial charge is 0.317 e. The zero-order chi connectivity index (χ0) is 19.3. The summed E-state index contributed by atoms with van der Waals surface area (Å²) in [6.07, 6.45) is 4.00. The molecule has 28 heavy (non-hydrogen) atoms. The Morgan fingerprint density at radius 2 is 1.50 bits per heavy atom. The maximum Gasteiger partial charge on any atom is 0.166 e. The van der Waals surface area contributed by atoms with Crippen LogP contribution in [0.25, 0.3) is 0 Å². The molecule has 4 heteroatoms. The number of rotatable bonds is 5. The van der Waals surface area contributed by atoms with Crippen LogP contribution in [0.2, 0.25) is 0 Å². The average molecular weight is 381 g/mol. The van der Waals surface area contributed by atoms with Crippen LogP contribution in [0.3, 0.4) is 0 Å². The fourth-order valence-corrected chi connectivity index (χ4v) is 4.79. The van der Waals surface area contributed by atoms with Crippen molar-refractivity contribution >= 4 is 5.78 Å². The number of carbonyl (C=O) groups excluding carboxylic acids is 1. The van der Waals surface area contributed by atoms with E-state index in [0.29, 0.717) is 5.92 Å². The molecule has 0 amide bonds. The Bertz CT molecular complexity index is 793. The van der Waals surface area contributed by atoms with Gasteiger partial charge in [-0.2, -0.15) is 0 Å². The minimum Gasteiger partial charge on any atom is -0.317 e. The Balaban J connectivity index is 1.60. The molecule has 2 aromatic carbocycles. The molecular weight excluding hydrogens is 351 g/mol. The molecule has 0 aliphatic carbocycles. The van der Waals surface area contributed by atoms with Gasteiger partial charge in [0.25, 0.3) is 0 Å². The lowest BCUT2D eigenvalue weighted by molar-refractivity contribution is 0.0895. The van der Waals surface area contributed by atoms with E-state index in [9.17, 15) is 9.18 Å². The van der Waals surface area contributed by atoms with Crippen molar-refractivity contribution in [2.75, 3.05) is 26.2 Å². The van der Waals surface area contributed by atoms with Gasteiger partial charge in [0.15, 0.2) is 5.78 Å². The van der Waals surface area contributed by atoms with E-state index in [1.54, 1.807) is 12.1 Å². The van der Waals surface area contributed by atoms with Crippen LogP contribution in [0, 0.1) is 17.7 Å². The zero-order valence-corrected chi connectivity index (χ0v) is 16.3. The standard InChI is InChI=1S/C24H29FN2O/c25-22-3-1-2-21(16-22)23(18-8-12-26-13-9-18)17-4-6-19(7-5-17)24(28)20-10-14-27-15-11-20/h1-7,16,18,20,23,26-27H,8-15H2. The predicted molar refractivity (Wildman–Crippen MR) is 110 cm³/mol. The minimum absolute atomic E-state index is 0.135. The monoisotopic (exact) mass is 380 g/mol. The summed E-state index contributed by atoms with van der Waals surface area (Å²) in [6.45, 7) is 3.85. The van der Waals surface area contributed by atoms with E-state index in [-0.39, 0.29) is 23.4 Å². The van der Waals surface area contributed by atoms with Gasteiger partial charge < -0.3 is 10.6 Å². The van der Waals surface area contributed by atoms with Crippen molar-refractivity contribution in [3.05, 3.63) is 71.0 Å². The van der Waals surface area contributed by atoms with Gasteiger partial charge in [-0.05, 0) is 81.0 Å². The van der Waals surface area contributed by atoms with Gasteiger partial charge in [-0.1, -0.05) is 36.4 Å². The number of carbonyl (C=O) groups is 1. The molecule has 2 fully saturated rings. The third-order valence-corrected chi connectivity index (χ3v) is 6.33. The molecule has 1 atom stereocenters. The van der Waals surface area contributed by atoms with Crippen molar-refractivity contribution in [1.29, 1.82) is 0 Å². The fourth-order valence-electron chi connectivity index (χ4n) is 4.79. The average Bonchev–Trinajstić information content (AvgIpc) is 2.75. The minimum atomic E-state index is -0.186. The van der Waals surface area contributed by atoms with Crippen LogP contribution in [-0.2, 0) is 0 Å². The summed E-state index contributed by atoms with van der Waals surface area (Å²) < 4.78 is 13.9. The lowest BCUT2D eigenvalue weighted by atomic mass is 9.76. The number of nitrogens with one attached hydrogen (secondary N) is 2. The SMILES string of the molecule is O=C(c1ccc(C(c2cccc(F)c2)C2CCNCC2)cc1)C1CCNCC1. The molecule has 2 aliphatic rings. The summed E-state index contributed by atoms with van der Waals surface area (Å²) in [4.78, 5) is 12.8. The third kappa shape index (κ3) is 4.34. The van der Waals surface area contributed by atoms with Crippen LogP contribution in [0.4, 0.5) is 4.39 Å². The van der Waals surface area contributed by atoms with E-state index in [1.165, 1.54) is 11.6 Å². The van der Waals surface area contributed by atoms with Crippen molar-refractivity contribution in [2.24, 2.45) is 11.8 Å². The summed E-state index contributed by atoms with van der Waals surface area (Å²) in [5, 5.41) is 6.74. The smallest absolute Gasteiger partial charge is 0.166 e. The maximum atomic E-state index is 13.9.